The van der Waals surface area contributed by atoms with Crippen molar-refractivity contribution in [3.63, 3.8) is 0 Å². The maximum absolute atomic E-state index is 10.6. The molecule has 1 N–H and O–H groups in total. The smallest absolute Gasteiger partial charge is 0.112 e. The van der Waals surface area contributed by atoms with Gasteiger partial charge in [-0.25, -0.2) is 0 Å². The van der Waals surface area contributed by atoms with Gasteiger partial charge in [-0.15, -0.1) is 0 Å². The third-order valence-electron chi connectivity index (χ3n) is 2.96. The van der Waals surface area contributed by atoms with E-state index in [1.54, 1.807) is 49.4 Å². The van der Waals surface area contributed by atoms with Gasteiger partial charge in [-0.3, -0.25) is 0 Å². The fraction of sp³-hybridized carbons (Fsp3) is 0.133. The Balaban J connectivity index is 2.44. The first kappa shape index (κ1) is 12.6. The lowest BCUT2D eigenvalue weighted by atomic mass is 9.88. The summed E-state index contributed by atoms with van der Waals surface area (Å²) in [5.41, 5.74) is 0.892. The van der Waals surface area contributed by atoms with Gasteiger partial charge in [0.1, 0.15) is 5.60 Å². The molecule has 3 heteroatoms. The summed E-state index contributed by atoms with van der Waals surface area (Å²) in [6.07, 6.45) is 0. The maximum Gasteiger partial charge on any atom is 0.112 e. The van der Waals surface area contributed by atoms with Crippen molar-refractivity contribution in [1.82, 2.24) is 0 Å². The Hall–Kier alpha value is -1.82. The maximum atomic E-state index is 10.6. The van der Waals surface area contributed by atoms with E-state index in [4.69, 9.17) is 16.9 Å². The minimum atomic E-state index is -1.13. The molecule has 0 aliphatic heterocycles. The molecule has 0 saturated heterocycles. The molecule has 0 aromatic heterocycles. The van der Waals surface area contributed by atoms with Crippen molar-refractivity contribution >= 4 is 11.6 Å². The summed E-state index contributed by atoms with van der Waals surface area (Å²) in [5, 5.41) is 19.9. The number of rotatable bonds is 2. The van der Waals surface area contributed by atoms with E-state index in [0.717, 1.165) is 11.1 Å². The third-order valence-corrected chi connectivity index (χ3v) is 3.20. The van der Waals surface area contributed by atoms with Gasteiger partial charge in [0.05, 0.1) is 11.6 Å². The van der Waals surface area contributed by atoms with Crippen LogP contribution < -0.4 is 0 Å². The second-order valence-electron chi connectivity index (χ2n) is 4.27. The lowest BCUT2D eigenvalue weighted by Crippen LogP contribution is -2.22. The normalized spacial score (nSPS) is 13.7. The second kappa shape index (κ2) is 4.81. The third kappa shape index (κ3) is 2.38. The van der Waals surface area contributed by atoms with Crippen molar-refractivity contribution in [2.24, 2.45) is 0 Å². The first-order chi connectivity index (χ1) is 8.54. The van der Waals surface area contributed by atoms with E-state index in [-0.39, 0.29) is 0 Å². The molecule has 0 radical (unpaired) electrons. The number of hydrogen-bond acceptors (Lipinski definition) is 2. The quantitative estimate of drug-likeness (QED) is 0.895. The highest BCUT2D eigenvalue weighted by Gasteiger charge is 2.25. The van der Waals surface area contributed by atoms with E-state index in [0.29, 0.717) is 10.6 Å². The van der Waals surface area contributed by atoms with E-state index in [1.807, 2.05) is 6.07 Å². The lowest BCUT2D eigenvalue weighted by molar-refractivity contribution is 0.102. The minimum absolute atomic E-state index is 0.570. The van der Waals surface area contributed by atoms with Gasteiger partial charge >= 0.3 is 0 Å². The first-order valence-electron chi connectivity index (χ1n) is 5.53. The molecule has 0 fully saturated rings. The van der Waals surface area contributed by atoms with Gasteiger partial charge in [0.2, 0.25) is 0 Å². The van der Waals surface area contributed by atoms with Crippen molar-refractivity contribution in [1.29, 1.82) is 5.26 Å². The van der Waals surface area contributed by atoms with Crippen LogP contribution in [-0.2, 0) is 5.60 Å². The van der Waals surface area contributed by atoms with Crippen LogP contribution in [-0.4, -0.2) is 5.11 Å². The number of hydrogen-bond donors (Lipinski definition) is 1. The number of nitriles is 1. The Labute approximate surface area is 111 Å². The monoisotopic (exact) mass is 257 g/mol. The fourth-order valence-electron chi connectivity index (χ4n) is 1.83. The van der Waals surface area contributed by atoms with Gasteiger partial charge in [-0.1, -0.05) is 35.9 Å². The van der Waals surface area contributed by atoms with Gasteiger partial charge in [0.15, 0.2) is 0 Å². The van der Waals surface area contributed by atoms with Crippen LogP contribution in [0.3, 0.4) is 0 Å². The molecule has 0 heterocycles. The Kier molecular flexibility index (Phi) is 3.38. The van der Waals surface area contributed by atoms with Crippen LogP contribution in [0.2, 0.25) is 5.02 Å². The van der Waals surface area contributed by atoms with Crippen LogP contribution in [0.15, 0.2) is 48.5 Å². The molecule has 2 nitrogen and oxygen atoms in total. The molecular formula is C15H12ClNO. The van der Waals surface area contributed by atoms with Crippen LogP contribution in [0.25, 0.3) is 0 Å². The Bertz CT molecular complexity index is 597. The Morgan fingerprint density at radius 3 is 2.33 bits per heavy atom. The van der Waals surface area contributed by atoms with Crippen molar-refractivity contribution in [2.45, 2.75) is 12.5 Å². The minimum Gasteiger partial charge on any atom is -0.381 e. The predicted molar refractivity (Wildman–Crippen MR) is 71.3 cm³/mol. The van der Waals surface area contributed by atoms with Crippen molar-refractivity contribution in [2.75, 3.05) is 0 Å². The van der Waals surface area contributed by atoms with Gasteiger partial charge in [0, 0.05) is 5.02 Å². The molecule has 0 spiro atoms. The zero-order chi connectivity index (χ0) is 13.2. The van der Waals surface area contributed by atoms with E-state index in [1.165, 1.54) is 0 Å². The molecule has 2 aromatic carbocycles. The summed E-state index contributed by atoms with van der Waals surface area (Å²) in [5.74, 6) is 0. The molecule has 2 aromatic rings. The van der Waals surface area contributed by atoms with Crippen LogP contribution in [0.5, 0.6) is 0 Å². The van der Waals surface area contributed by atoms with Gasteiger partial charge in [0.25, 0.3) is 0 Å². The van der Waals surface area contributed by atoms with E-state index >= 15 is 0 Å². The van der Waals surface area contributed by atoms with Crippen LogP contribution in [0, 0.1) is 11.3 Å². The molecule has 1 unspecified atom stereocenters. The molecule has 0 amide bonds. The molecule has 0 aliphatic rings. The number of aliphatic hydroxyl groups is 1. The first-order valence-corrected chi connectivity index (χ1v) is 5.91. The number of halogens is 1. The van der Waals surface area contributed by atoms with Crippen LogP contribution >= 0.6 is 11.6 Å². The fourth-order valence-corrected chi connectivity index (χ4v) is 2.02. The van der Waals surface area contributed by atoms with Crippen molar-refractivity contribution in [3.8, 4) is 6.07 Å². The Morgan fingerprint density at radius 1 is 1.11 bits per heavy atom. The molecule has 1 atom stereocenters. The number of benzene rings is 2. The van der Waals surface area contributed by atoms with E-state index in [9.17, 15) is 5.11 Å². The van der Waals surface area contributed by atoms with Gasteiger partial charge in [-0.05, 0) is 42.3 Å². The number of nitrogens with zero attached hydrogens (tertiary/aromatic N) is 1. The molecule has 2 rings (SSSR count). The highest BCUT2D eigenvalue weighted by molar-refractivity contribution is 6.30. The average Bonchev–Trinajstić information content (AvgIpc) is 2.39. The lowest BCUT2D eigenvalue weighted by Gasteiger charge is -2.24. The summed E-state index contributed by atoms with van der Waals surface area (Å²) < 4.78 is 0. The standard InChI is InChI=1S/C15H12ClNO/c1-15(18,13-3-2-4-14(16)9-13)12-7-5-11(10-17)6-8-12/h2-9,18H,1H3. The van der Waals surface area contributed by atoms with Crippen molar-refractivity contribution < 1.29 is 5.11 Å². The second-order valence-corrected chi connectivity index (χ2v) is 4.71. The molecule has 0 saturated carbocycles. The molecular weight excluding hydrogens is 246 g/mol. The topological polar surface area (TPSA) is 44.0 Å². The highest BCUT2D eigenvalue weighted by atomic mass is 35.5. The molecule has 0 aliphatic carbocycles. The van der Waals surface area contributed by atoms with Crippen molar-refractivity contribution in [3.05, 3.63) is 70.2 Å². The van der Waals surface area contributed by atoms with Crippen LogP contribution in [0.4, 0.5) is 0 Å². The zero-order valence-corrected chi connectivity index (χ0v) is 10.6. The summed E-state index contributed by atoms with van der Waals surface area (Å²) in [7, 11) is 0. The average molecular weight is 258 g/mol. The predicted octanol–water partition coefficient (Wildman–Crippen LogP) is 3.47. The Morgan fingerprint density at radius 2 is 1.78 bits per heavy atom. The summed E-state index contributed by atoms with van der Waals surface area (Å²) in [4.78, 5) is 0. The largest absolute Gasteiger partial charge is 0.381 e. The van der Waals surface area contributed by atoms with Crippen LogP contribution in [0.1, 0.15) is 23.6 Å². The van der Waals surface area contributed by atoms with E-state index in [2.05, 4.69) is 6.07 Å². The molecule has 90 valence electrons. The van der Waals surface area contributed by atoms with E-state index < -0.39 is 5.60 Å². The highest BCUT2D eigenvalue weighted by Crippen LogP contribution is 2.30. The summed E-state index contributed by atoms with van der Waals surface area (Å²) in [6.45, 7) is 1.71. The van der Waals surface area contributed by atoms with Gasteiger partial charge in [-0.2, -0.15) is 5.26 Å². The summed E-state index contributed by atoms with van der Waals surface area (Å²) >= 11 is 5.93. The molecule has 18 heavy (non-hydrogen) atoms. The SMILES string of the molecule is CC(O)(c1ccc(C#N)cc1)c1cccc(Cl)c1. The zero-order valence-electron chi connectivity index (χ0n) is 9.89. The summed E-state index contributed by atoms with van der Waals surface area (Å²) in [6, 6.07) is 16.1. The van der Waals surface area contributed by atoms with Gasteiger partial charge < -0.3 is 5.11 Å². The molecule has 0 bridgehead atoms.